The molecular formula is C12H10F2N2O. The molecule has 17 heavy (non-hydrogen) atoms. The zero-order valence-corrected chi connectivity index (χ0v) is 9.08. The van der Waals surface area contributed by atoms with Crippen molar-refractivity contribution in [3.8, 4) is 11.6 Å². The van der Waals surface area contributed by atoms with Crippen molar-refractivity contribution in [1.29, 1.82) is 0 Å². The first kappa shape index (κ1) is 11.3. The summed E-state index contributed by atoms with van der Waals surface area (Å²) in [6.45, 7) is 1.84. The standard InChI is InChI=1S/C12H10F2N2O/c1-7-4-11(15)12(16-6-7)17-8-2-3-9(13)10(14)5-8/h2-6H,15H2,1H3. The SMILES string of the molecule is Cc1cnc(Oc2ccc(F)c(F)c2)c(N)c1. The van der Waals surface area contributed by atoms with Gasteiger partial charge in [-0.1, -0.05) is 0 Å². The summed E-state index contributed by atoms with van der Waals surface area (Å²) >= 11 is 0. The van der Waals surface area contributed by atoms with Crippen molar-refractivity contribution in [2.45, 2.75) is 6.92 Å². The quantitative estimate of drug-likeness (QED) is 0.871. The summed E-state index contributed by atoms with van der Waals surface area (Å²) in [4.78, 5) is 3.96. The molecule has 3 nitrogen and oxygen atoms in total. The van der Waals surface area contributed by atoms with Gasteiger partial charge in [0.05, 0.1) is 5.69 Å². The van der Waals surface area contributed by atoms with Crippen molar-refractivity contribution in [2.75, 3.05) is 5.73 Å². The molecule has 0 atom stereocenters. The molecule has 0 spiro atoms. The Kier molecular flexibility index (Phi) is 2.91. The number of aryl methyl sites for hydroxylation is 1. The smallest absolute Gasteiger partial charge is 0.242 e. The number of hydrogen-bond acceptors (Lipinski definition) is 3. The maximum absolute atomic E-state index is 12.9. The van der Waals surface area contributed by atoms with Crippen molar-refractivity contribution in [3.05, 3.63) is 47.7 Å². The maximum atomic E-state index is 12.9. The Morgan fingerprint density at radius 3 is 2.59 bits per heavy atom. The normalized spacial score (nSPS) is 10.3. The molecule has 0 amide bonds. The van der Waals surface area contributed by atoms with E-state index >= 15 is 0 Å². The monoisotopic (exact) mass is 236 g/mol. The minimum Gasteiger partial charge on any atom is -0.437 e. The van der Waals surface area contributed by atoms with Gasteiger partial charge in [0, 0.05) is 12.3 Å². The van der Waals surface area contributed by atoms with Gasteiger partial charge in [0.2, 0.25) is 5.88 Å². The van der Waals surface area contributed by atoms with E-state index in [0.717, 1.165) is 17.7 Å². The summed E-state index contributed by atoms with van der Waals surface area (Å²) < 4.78 is 30.9. The second-order valence-corrected chi connectivity index (χ2v) is 3.59. The summed E-state index contributed by atoms with van der Waals surface area (Å²) in [5.41, 5.74) is 6.91. The van der Waals surface area contributed by atoms with Crippen LogP contribution in [0.1, 0.15) is 5.56 Å². The van der Waals surface area contributed by atoms with Crippen LogP contribution in [-0.2, 0) is 0 Å². The third kappa shape index (κ3) is 2.50. The number of benzene rings is 1. The van der Waals surface area contributed by atoms with E-state index in [2.05, 4.69) is 4.98 Å². The highest BCUT2D eigenvalue weighted by molar-refractivity contribution is 5.50. The topological polar surface area (TPSA) is 48.1 Å². The summed E-state index contributed by atoms with van der Waals surface area (Å²) in [5, 5.41) is 0. The van der Waals surface area contributed by atoms with Gasteiger partial charge >= 0.3 is 0 Å². The Morgan fingerprint density at radius 1 is 1.18 bits per heavy atom. The van der Waals surface area contributed by atoms with Crippen LogP contribution in [0.25, 0.3) is 0 Å². The summed E-state index contributed by atoms with van der Waals surface area (Å²) in [7, 11) is 0. The van der Waals surface area contributed by atoms with Crippen LogP contribution in [0, 0.1) is 18.6 Å². The van der Waals surface area contributed by atoms with Crippen LogP contribution >= 0.6 is 0 Å². The lowest BCUT2D eigenvalue weighted by Crippen LogP contribution is -1.96. The molecule has 1 heterocycles. The van der Waals surface area contributed by atoms with Gasteiger partial charge in [-0.05, 0) is 30.7 Å². The first-order valence-electron chi connectivity index (χ1n) is 4.91. The molecule has 0 aliphatic carbocycles. The fourth-order valence-electron chi connectivity index (χ4n) is 1.32. The first-order chi connectivity index (χ1) is 8.06. The Morgan fingerprint density at radius 2 is 1.94 bits per heavy atom. The van der Waals surface area contributed by atoms with Crippen LogP contribution in [-0.4, -0.2) is 4.98 Å². The fraction of sp³-hybridized carbons (Fsp3) is 0.0833. The van der Waals surface area contributed by atoms with Gasteiger partial charge in [0.15, 0.2) is 11.6 Å². The largest absolute Gasteiger partial charge is 0.437 e. The molecule has 0 bridgehead atoms. The molecule has 5 heteroatoms. The molecule has 0 saturated carbocycles. The van der Waals surface area contributed by atoms with E-state index in [0.29, 0.717) is 5.69 Å². The van der Waals surface area contributed by atoms with Gasteiger partial charge in [-0.15, -0.1) is 0 Å². The van der Waals surface area contributed by atoms with Crippen LogP contribution in [0.4, 0.5) is 14.5 Å². The van der Waals surface area contributed by atoms with E-state index in [4.69, 9.17) is 10.5 Å². The number of hydrogen-bond donors (Lipinski definition) is 1. The van der Waals surface area contributed by atoms with Crippen molar-refractivity contribution >= 4 is 5.69 Å². The number of ether oxygens (including phenoxy) is 1. The molecule has 0 radical (unpaired) electrons. The molecule has 2 N–H and O–H groups in total. The van der Waals surface area contributed by atoms with Crippen molar-refractivity contribution in [3.63, 3.8) is 0 Å². The summed E-state index contributed by atoms with van der Waals surface area (Å²) in [6, 6.07) is 4.91. The number of rotatable bonds is 2. The average Bonchev–Trinajstić information content (AvgIpc) is 2.27. The van der Waals surface area contributed by atoms with Crippen molar-refractivity contribution in [1.82, 2.24) is 4.98 Å². The van der Waals surface area contributed by atoms with Crippen molar-refractivity contribution in [2.24, 2.45) is 0 Å². The lowest BCUT2D eigenvalue weighted by molar-refractivity contribution is 0.449. The number of halogens is 2. The van der Waals surface area contributed by atoms with Crippen LogP contribution in [0.2, 0.25) is 0 Å². The number of nitrogen functional groups attached to an aromatic ring is 1. The number of nitrogens with two attached hydrogens (primary N) is 1. The summed E-state index contributed by atoms with van der Waals surface area (Å²) in [6.07, 6.45) is 1.57. The molecule has 88 valence electrons. The van der Waals surface area contributed by atoms with E-state index in [9.17, 15) is 8.78 Å². The molecule has 1 aromatic carbocycles. The van der Waals surface area contributed by atoms with E-state index in [-0.39, 0.29) is 11.6 Å². The van der Waals surface area contributed by atoms with Gasteiger partial charge in [0.1, 0.15) is 5.75 Å². The van der Waals surface area contributed by atoms with Crippen LogP contribution in [0.5, 0.6) is 11.6 Å². The Hall–Kier alpha value is -2.17. The first-order valence-corrected chi connectivity index (χ1v) is 4.91. The molecule has 2 aromatic rings. The number of nitrogens with zero attached hydrogens (tertiary/aromatic N) is 1. The minimum atomic E-state index is -0.979. The molecule has 0 unspecified atom stereocenters. The lowest BCUT2D eigenvalue weighted by atomic mass is 10.3. The van der Waals surface area contributed by atoms with E-state index in [1.807, 2.05) is 6.92 Å². The highest BCUT2D eigenvalue weighted by atomic mass is 19.2. The second-order valence-electron chi connectivity index (χ2n) is 3.59. The van der Waals surface area contributed by atoms with Gasteiger partial charge in [-0.3, -0.25) is 0 Å². The zero-order valence-electron chi connectivity index (χ0n) is 9.08. The zero-order chi connectivity index (χ0) is 12.4. The molecule has 0 fully saturated rings. The van der Waals surface area contributed by atoms with Crippen LogP contribution in [0.3, 0.4) is 0 Å². The third-order valence-corrected chi connectivity index (χ3v) is 2.12. The lowest BCUT2D eigenvalue weighted by Gasteiger charge is -2.07. The van der Waals surface area contributed by atoms with Gasteiger partial charge in [-0.25, -0.2) is 13.8 Å². The third-order valence-electron chi connectivity index (χ3n) is 2.12. The highest BCUT2D eigenvalue weighted by Gasteiger charge is 2.07. The molecule has 2 rings (SSSR count). The van der Waals surface area contributed by atoms with Gasteiger partial charge in [-0.2, -0.15) is 0 Å². The van der Waals surface area contributed by atoms with E-state index < -0.39 is 11.6 Å². The second kappa shape index (κ2) is 4.37. The Bertz CT molecular complexity index is 558. The van der Waals surface area contributed by atoms with E-state index in [1.165, 1.54) is 6.07 Å². The molecule has 0 aliphatic heterocycles. The summed E-state index contributed by atoms with van der Waals surface area (Å²) in [5.74, 6) is -1.59. The molecule has 1 aromatic heterocycles. The predicted octanol–water partition coefficient (Wildman–Crippen LogP) is 3.04. The average molecular weight is 236 g/mol. The van der Waals surface area contributed by atoms with E-state index in [1.54, 1.807) is 12.3 Å². The van der Waals surface area contributed by atoms with Crippen molar-refractivity contribution < 1.29 is 13.5 Å². The molecule has 0 saturated heterocycles. The number of anilines is 1. The highest BCUT2D eigenvalue weighted by Crippen LogP contribution is 2.26. The molecular weight excluding hydrogens is 226 g/mol. The number of aromatic nitrogens is 1. The Balaban J connectivity index is 2.28. The van der Waals surface area contributed by atoms with Gasteiger partial charge in [0.25, 0.3) is 0 Å². The maximum Gasteiger partial charge on any atom is 0.242 e. The predicted molar refractivity (Wildman–Crippen MR) is 59.8 cm³/mol. The van der Waals surface area contributed by atoms with Crippen LogP contribution in [0.15, 0.2) is 30.5 Å². The molecule has 0 aliphatic rings. The van der Waals surface area contributed by atoms with Gasteiger partial charge < -0.3 is 10.5 Å². The fourth-order valence-corrected chi connectivity index (χ4v) is 1.32. The minimum absolute atomic E-state index is 0.145. The Labute approximate surface area is 96.9 Å². The number of pyridine rings is 1. The van der Waals surface area contributed by atoms with Crippen LogP contribution < -0.4 is 10.5 Å².